The molecule has 38 heavy (non-hydrogen) atoms. The molecule has 6 heteroatoms. The lowest BCUT2D eigenvalue weighted by atomic mass is 9.96. The summed E-state index contributed by atoms with van der Waals surface area (Å²) in [7, 11) is 0. The standard InChI is InChI=1S/C32H32N6/c1-2-10-26-25(9-1)31(37-21-17-35(18-22-37)29-13-5-7-15-33-29)27-11-3-4-12-28(27)32(26)38-23-19-36(20-24-38)30-14-6-8-16-34-30/h1-16H,17-24H2. The zero-order valence-corrected chi connectivity index (χ0v) is 21.6. The largest absolute Gasteiger partial charge is 0.367 e. The predicted octanol–water partition coefficient (Wildman–Crippen LogP) is 5.44. The minimum Gasteiger partial charge on any atom is -0.367 e. The van der Waals surface area contributed by atoms with Crippen LogP contribution in [-0.4, -0.2) is 62.3 Å². The molecule has 2 aromatic heterocycles. The van der Waals surface area contributed by atoms with Crippen molar-refractivity contribution in [3.8, 4) is 0 Å². The van der Waals surface area contributed by atoms with Crippen molar-refractivity contribution in [1.29, 1.82) is 0 Å². The van der Waals surface area contributed by atoms with Gasteiger partial charge in [0.2, 0.25) is 0 Å². The molecule has 0 bridgehead atoms. The molecule has 2 aliphatic heterocycles. The van der Waals surface area contributed by atoms with Crippen molar-refractivity contribution in [2.75, 3.05) is 72.0 Å². The Bertz CT molecular complexity index is 1360. The second kappa shape index (κ2) is 9.86. The van der Waals surface area contributed by atoms with E-state index >= 15 is 0 Å². The Morgan fingerprint density at radius 2 is 0.684 bits per heavy atom. The third kappa shape index (κ3) is 4.06. The zero-order valence-electron chi connectivity index (χ0n) is 21.6. The maximum Gasteiger partial charge on any atom is 0.128 e. The molecule has 2 aliphatic rings. The minimum absolute atomic E-state index is 0.969. The van der Waals surface area contributed by atoms with Crippen molar-refractivity contribution in [3.05, 3.63) is 97.3 Å². The molecular weight excluding hydrogens is 468 g/mol. The Kier molecular flexibility index (Phi) is 5.93. The molecule has 3 aromatic carbocycles. The van der Waals surface area contributed by atoms with E-state index in [9.17, 15) is 0 Å². The van der Waals surface area contributed by atoms with E-state index in [1.54, 1.807) is 0 Å². The molecule has 190 valence electrons. The van der Waals surface area contributed by atoms with E-state index in [-0.39, 0.29) is 0 Å². The summed E-state index contributed by atoms with van der Waals surface area (Å²) in [5, 5.41) is 5.39. The van der Waals surface area contributed by atoms with Crippen LogP contribution in [0.2, 0.25) is 0 Å². The number of pyridine rings is 2. The van der Waals surface area contributed by atoms with Crippen LogP contribution < -0.4 is 19.6 Å². The lowest BCUT2D eigenvalue weighted by Gasteiger charge is -2.40. The van der Waals surface area contributed by atoms with Gasteiger partial charge in [0, 0.05) is 86.3 Å². The maximum atomic E-state index is 4.58. The number of nitrogens with zero attached hydrogens (tertiary/aromatic N) is 6. The van der Waals surface area contributed by atoms with E-state index in [4.69, 9.17) is 0 Å². The fraction of sp³-hybridized carbons (Fsp3) is 0.250. The highest BCUT2D eigenvalue weighted by atomic mass is 15.3. The average molecular weight is 501 g/mol. The van der Waals surface area contributed by atoms with Gasteiger partial charge in [-0.2, -0.15) is 0 Å². The number of piperazine rings is 2. The van der Waals surface area contributed by atoms with E-state index in [0.29, 0.717) is 0 Å². The molecule has 5 aromatic rings. The van der Waals surface area contributed by atoms with Crippen molar-refractivity contribution in [1.82, 2.24) is 9.97 Å². The van der Waals surface area contributed by atoms with Crippen molar-refractivity contribution in [2.45, 2.75) is 0 Å². The Morgan fingerprint density at radius 3 is 1.00 bits per heavy atom. The van der Waals surface area contributed by atoms with Crippen LogP contribution in [0.15, 0.2) is 97.3 Å². The zero-order chi connectivity index (χ0) is 25.3. The number of rotatable bonds is 4. The molecule has 7 rings (SSSR count). The van der Waals surface area contributed by atoms with Crippen molar-refractivity contribution in [3.63, 3.8) is 0 Å². The number of anilines is 4. The van der Waals surface area contributed by atoms with Gasteiger partial charge in [-0.15, -0.1) is 0 Å². The number of benzene rings is 3. The van der Waals surface area contributed by atoms with Gasteiger partial charge in [-0.05, 0) is 24.3 Å². The van der Waals surface area contributed by atoms with Gasteiger partial charge >= 0.3 is 0 Å². The monoisotopic (exact) mass is 500 g/mol. The molecule has 0 unspecified atom stereocenters. The number of fused-ring (bicyclic) bond motifs is 2. The van der Waals surface area contributed by atoms with Gasteiger partial charge in [-0.1, -0.05) is 60.7 Å². The van der Waals surface area contributed by atoms with Gasteiger partial charge in [0.25, 0.3) is 0 Å². The molecule has 0 spiro atoms. The maximum absolute atomic E-state index is 4.58. The van der Waals surface area contributed by atoms with Gasteiger partial charge in [0.15, 0.2) is 0 Å². The highest BCUT2D eigenvalue weighted by Crippen LogP contribution is 2.44. The third-order valence-electron chi connectivity index (χ3n) is 8.01. The first-order valence-corrected chi connectivity index (χ1v) is 13.6. The topological polar surface area (TPSA) is 38.7 Å². The minimum atomic E-state index is 0.969. The third-order valence-corrected chi connectivity index (χ3v) is 8.01. The SMILES string of the molecule is c1ccc(N2CCN(c3c4ccccc4c(N4CCN(c5ccccn5)CC4)c4ccccc34)CC2)nc1. The average Bonchev–Trinajstić information content (AvgIpc) is 3.01. The van der Waals surface area contributed by atoms with Crippen LogP contribution in [0.4, 0.5) is 23.0 Å². The van der Waals surface area contributed by atoms with Crippen LogP contribution in [0.1, 0.15) is 0 Å². The lowest BCUT2D eigenvalue weighted by Crippen LogP contribution is -2.47. The number of hydrogen-bond donors (Lipinski definition) is 0. The number of hydrogen-bond acceptors (Lipinski definition) is 6. The molecule has 0 radical (unpaired) electrons. The molecule has 2 fully saturated rings. The van der Waals surface area contributed by atoms with E-state index in [1.165, 1.54) is 32.9 Å². The molecule has 0 atom stereocenters. The second-order valence-corrected chi connectivity index (χ2v) is 10.1. The van der Waals surface area contributed by atoms with Crippen LogP contribution in [0.5, 0.6) is 0 Å². The molecule has 6 nitrogen and oxygen atoms in total. The Morgan fingerprint density at radius 1 is 0.368 bits per heavy atom. The van der Waals surface area contributed by atoms with E-state index < -0.39 is 0 Å². The molecule has 4 heterocycles. The normalized spacial score (nSPS) is 16.4. The lowest BCUT2D eigenvalue weighted by molar-refractivity contribution is 0.648. The first kappa shape index (κ1) is 22.8. The summed E-state index contributed by atoms with van der Waals surface area (Å²) in [6.07, 6.45) is 3.77. The quantitative estimate of drug-likeness (QED) is 0.306. The fourth-order valence-corrected chi connectivity index (χ4v) is 6.16. The summed E-state index contributed by atoms with van der Waals surface area (Å²) in [5.41, 5.74) is 2.74. The van der Waals surface area contributed by atoms with E-state index in [2.05, 4.69) is 102 Å². The van der Waals surface area contributed by atoms with Crippen LogP contribution >= 0.6 is 0 Å². The first-order valence-electron chi connectivity index (χ1n) is 13.6. The summed E-state index contributed by atoms with van der Waals surface area (Å²) in [5.74, 6) is 2.14. The van der Waals surface area contributed by atoms with Crippen molar-refractivity contribution in [2.24, 2.45) is 0 Å². The number of aromatic nitrogens is 2. The highest BCUT2D eigenvalue weighted by Gasteiger charge is 2.26. The van der Waals surface area contributed by atoms with Crippen LogP contribution in [0, 0.1) is 0 Å². The molecule has 0 aliphatic carbocycles. The van der Waals surface area contributed by atoms with Crippen molar-refractivity contribution >= 4 is 44.6 Å². The van der Waals surface area contributed by atoms with Crippen LogP contribution in [0.25, 0.3) is 21.5 Å². The van der Waals surface area contributed by atoms with Gasteiger partial charge < -0.3 is 19.6 Å². The van der Waals surface area contributed by atoms with E-state index in [1.807, 2.05) is 24.5 Å². The summed E-state index contributed by atoms with van der Waals surface area (Å²) >= 11 is 0. The predicted molar refractivity (Wildman–Crippen MR) is 159 cm³/mol. The molecule has 0 N–H and O–H groups in total. The summed E-state index contributed by atoms with van der Waals surface area (Å²) in [4.78, 5) is 19.1. The second-order valence-electron chi connectivity index (χ2n) is 10.1. The summed E-state index contributed by atoms with van der Waals surface area (Å²) in [6.45, 7) is 7.79. The molecular formula is C32H32N6. The molecule has 0 amide bonds. The van der Waals surface area contributed by atoms with Crippen LogP contribution in [0.3, 0.4) is 0 Å². The summed E-state index contributed by atoms with van der Waals surface area (Å²) < 4.78 is 0. The van der Waals surface area contributed by atoms with Gasteiger partial charge in [-0.3, -0.25) is 0 Å². The summed E-state index contributed by atoms with van der Waals surface area (Å²) in [6, 6.07) is 30.4. The van der Waals surface area contributed by atoms with Gasteiger partial charge in [0.05, 0.1) is 11.4 Å². The van der Waals surface area contributed by atoms with E-state index in [0.717, 1.165) is 64.0 Å². The molecule has 2 saturated heterocycles. The Labute approximate surface area is 223 Å². The first-order chi connectivity index (χ1) is 18.9. The highest BCUT2D eigenvalue weighted by molar-refractivity contribution is 6.20. The Balaban J connectivity index is 1.24. The Hall–Kier alpha value is -4.32. The van der Waals surface area contributed by atoms with Gasteiger partial charge in [0.1, 0.15) is 11.6 Å². The van der Waals surface area contributed by atoms with Crippen LogP contribution in [-0.2, 0) is 0 Å². The fourth-order valence-electron chi connectivity index (χ4n) is 6.16. The smallest absolute Gasteiger partial charge is 0.128 e. The molecule has 0 saturated carbocycles. The van der Waals surface area contributed by atoms with Crippen molar-refractivity contribution < 1.29 is 0 Å². The van der Waals surface area contributed by atoms with Gasteiger partial charge in [-0.25, -0.2) is 9.97 Å².